The Balaban J connectivity index is 1.87. The Morgan fingerprint density at radius 2 is 2.00 bits per heavy atom. The van der Waals surface area contributed by atoms with Crippen molar-refractivity contribution in [1.29, 1.82) is 0 Å². The van der Waals surface area contributed by atoms with Gasteiger partial charge >= 0.3 is 0 Å². The molecule has 6 heteroatoms. The smallest absolute Gasteiger partial charge is 0.225 e. The minimum atomic E-state index is -0.0201. The Bertz CT molecular complexity index is 797. The van der Waals surface area contributed by atoms with Gasteiger partial charge in [-0.1, -0.05) is 30.3 Å². The van der Waals surface area contributed by atoms with Crippen molar-refractivity contribution in [3.63, 3.8) is 0 Å². The third-order valence-corrected chi connectivity index (χ3v) is 4.08. The van der Waals surface area contributed by atoms with Crippen molar-refractivity contribution in [2.24, 2.45) is 0 Å². The molecule has 1 saturated heterocycles. The lowest BCUT2D eigenvalue weighted by Gasteiger charge is -2.23. The highest BCUT2D eigenvalue weighted by atomic mass is 35.5. The van der Waals surface area contributed by atoms with Crippen LogP contribution in [-0.2, 0) is 4.74 Å². The second-order valence-electron chi connectivity index (χ2n) is 5.35. The van der Waals surface area contributed by atoms with Crippen LogP contribution in [0.5, 0.6) is 0 Å². The van der Waals surface area contributed by atoms with Crippen LogP contribution in [0.4, 0.5) is 0 Å². The van der Waals surface area contributed by atoms with Gasteiger partial charge in [0.15, 0.2) is 5.65 Å². The summed E-state index contributed by atoms with van der Waals surface area (Å²) in [5.41, 5.74) is 3.22. The molecule has 1 fully saturated rings. The first kappa shape index (κ1) is 13.7. The van der Waals surface area contributed by atoms with Gasteiger partial charge in [0.25, 0.3) is 0 Å². The van der Waals surface area contributed by atoms with E-state index in [-0.39, 0.29) is 11.5 Å². The van der Waals surface area contributed by atoms with E-state index in [0.29, 0.717) is 0 Å². The fourth-order valence-electron chi connectivity index (χ4n) is 2.84. The van der Waals surface area contributed by atoms with Gasteiger partial charge in [0.2, 0.25) is 5.28 Å². The maximum absolute atomic E-state index is 6.14. The molecule has 0 spiro atoms. The molecule has 0 radical (unpaired) electrons. The molecule has 3 heterocycles. The van der Waals surface area contributed by atoms with Gasteiger partial charge in [0.05, 0.1) is 6.33 Å². The van der Waals surface area contributed by atoms with Crippen LogP contribution in [0.2, 0.25) is 5.28 Å². The van der Waals surface area contributed by atoms with Crippen molar-refractivity contribution in [1.82, 2.24) is 19.5 Å². The SMILES string of the molecule is Clc1nc(-c2ccccc2)c2ncn(C3CCCCO3)c2n1. The zero-order chi connectivity index (χ0) is 14.9. The molecule has 3 aromatic rings. The van der Waals surface area contributed by atoms with Crippen LogP contribution in [0.15, 0.2) is 36.7 Å². The van der Waals surface area contributed by atoms with Crippen molar-refractivity contribution in [3.8, 4) is 11.3 Å². The lowest BCUT2D eigenvalue weighted by Crippen LogP contribution is -2.17. The van der Waals surface area contributed by atoms with E-state index in [2.05, 4.69) is 15.0 Å². The summed E-state index contributed by atoms with van der Waals surface area (Å²) < 4.78 is 7.80. The predicted molar refractivity (Wildman–Crippen MR) is 84.6 cm³/mol. The molecule has 0 saturated carbocycles. The first-order valence-electron chi connectivity index (χ1n) is 7.40. The number of aromatic nitrogens is 4. The Labute approximate surface area is 132 Å². The minimum absolute atomic E-state index is 0.0201. The molecule has 4 rings (SSSR count). The van der Waals surface area contributed by atoms with Crippen molar-refractivity contribution in [2.45, 2.75) is 25.5 Å². The fraction of sp³-hybridized carbons (Fsp3) is 0.312. The van der Waals surface area contributed by atoms with Crippen LogP contribution in [0.1, 0.15) is 25.5 Å². The highest BCUT2D eigenvalue weighted by Crippen LogP contribution is 2.30. The topological polar surface area (TPSA) is 52.8 Å². The summed E-state index contributed by atoms with van der Waals surface area (Å²) in [6.45, 7) is 0.773. The summed E-state index contributed by atoms with van der Waals surface area (Å²) in [5.74, 6) is 0. The van der Waals surface area contributed by atoms with Crippen molar-refractivity contribution in [2.75, 3.05) is 6.61 Å². The van der Waals surface area contributed by atoms with Gasteiger partial charge in [-0.15, -0.1) is 0 Å². The minimum Gasteiger partial charge on any atom is -0.358 e. The summed E-state index contributed by atoms with van der Waals surface area (Å²) >= 11 is 6.14. The van der Waals surface area contributed by atoms with Gasteiger partial charge in [-0.05, 0) is 30.9 Å². The number of hydrogen-bond acceptors (Lipinski definition) is 4. The van der Waals surface area contributed by atoms with Gasteiger partial charge in [-0.2, -0.15) is 4.98 Å². The van der Waals surface area contributed by atoms with Crippen LogP contribution >= 0.6 is 11.6 Å². The van der Waals surface area contributed by atoms with E-state index in [4.69, 9.17) is 16.3 Å². The molecular formula is C16H15ClN4O. The van der Waals surface area contributed by atoms with E-state index in [0.717, 1.165) is 48.3 Å². The number of nitrogens with zero attached hydrogens (tertiary/aromatic N) is 4. The van der Waals surface area contributed by atoms with Gasteiger partial charge in [-0.3, -0.25) is 4.57 Å². The zero-order valence-electron chi connectivity index (χ0n) is 11.9. The first-order valence-corrected chi connectivity index (χ1v) is 7.78. The second kappa shape index (κ2) is 5.66. The van der Waals surface area contributed by atoms with Crippen LogP contribution in [0.25, 0.3) is 22.4 Å². The standard InChI is InChI=1S/C16H15ClN4O/c17-16-19-13(11-6-2-1-3-7-11)14-15(20-16)21(10-18-14)12-8-4-5-9-22-12/h1-3,6-7,10,12H,4-5,8-9H2. The van der Waals surface area contributed by atoms with Crippen molar-refractivity contribution >= 4 is 22.8 Å². The molecule has 0 N–H and O–H groups in total. The molecule has 0 aliphatic carbocycles. The summed E-state index contributed by atoms with van der Waals surface area (Å²) in [6.07, 6.45) is 4.97. The number of benzene rings is 1. The molecule has 112 valence electrons. The molecule has 1 unspecified atom stereocenters. The quantitative estimate of drug-likeness (QED) is 0.674. The lowest BCUT2D eigenvalue weighted by atomic mass is 10.1. The van der Waals surface area contributed by atoms with Crippen molar-refractivity contribution in [3.05, 3.63) is 41.9 Å². The average molecular weight is 315 g/mol. The normalized spacial score (nSPS) is 18.7. The molecule has 22 heavy (non-hydrogen) atoms. The van der Waals surface area contributed by atoms with Gasteiger partial charge in [0.1, 0.15) is 17.4 Å². The average Bonchev–Trinajstić information content (AvgIpc) is 2.99. The number of rotatable bonds is 2. The summed E-state index contributed by atoms with van der Waals surface area (Å²) in [6, 6.07) is 9.90. The highest BCUT2D eigenvalue weighted by molar-refractivity contribution is 6.28. The largest absolute Gasteiger partial charge is 0.358 e. The maximum Gasteiger partial charge on any atom is 0.225 e. The Kier molecular flexibility index (Phi) is 3.52. The number of imidazole rings is 1. The van der Waals surface area contributed by atoms with E-state index in [1.165, 1.54) is 0 Å². The van der Waals surface area contributed by atoms with E-state index in [1.54, 1.807) is 6.33 Å². The molecule has 1 aromatic carbocycles. The predicted octanol–water partition coefficient (Wildman–Crippen LogP) is 3.85. The third-order valence-electron chi connectivity index (χ3n) is 3.91. The molecule has 5 nitrogen and oxygen atoms in total. The molecular weight excluding hydrogens is 300 g/mol. The molecule has 1 aliphatic heterocycles. The Morgan fingerprint density at radius 1 is 1.14 bits per heavy atom. The lowest BCUT2D eigenvalue weighted by molar-refractivity contribution is -0.0298. The van der Waals surface area contributed by atoms with Gasteiger partial charge in [-0.25, -0.2) is 9.97 Å². The van der Waals surface area contributed by atoms with Crippen molar-refractivity contribution < 1.29 is 4.74 Å². The van der Waals surface area contributed by atoms with Crippen LogP contribution in [-0.4, -0.2) is 26.1 Å². The third kappa shape index (κ3) is 2.36. The fourth-order valence-corrected chi connectivity index (χ4v) is 3.01. The van der Waals surface area contributed by atoms with E-state index in [1.807, 2.05) is 34.9 Å². The number of ether oxygens (including phenoxy) is 1. The van der Waals surface area contributed by atoms with Gasteiger partial charge in [0, 0.05) is 12.2 Å². The summed E-state index contributed by atoms with van der Waals surface area (Å²) in [5, 5.41) is 0.226. The molecule has 1 atom stereocenters. The number of fused-ring (bicyclic) bond motifs is 1. The van der Waals surface area contributed by atoms with Crippen LogP contribution in [0.3, 0.4) is 0 Å². The summed E-state index contributed by atoms with van der Waals surface area (Å²) in [4.78, 5) is 13.3. The number of hydrogen-bond donors (Lipinski definition) is 0. The first-order chi connectivity index (χ1) is 10.8. The second-order valence-corrected chi connectivity index (χ2v) is 5.69. The Morgan fingerprint density at radius 3 is 2.77 bits per heavy atom. The Hall–Kier alpha value is -1.98. The maximum atomic E-state index is 6.14. The van der Waals surface area contributed by atoms with E-state index < -0.39 is 0 Å². The molecule has 2 aromatic heterocycles. The highest BCUT2D eigenvalue weighted by Gasteiger charge is 2.21. The van der Waals surface area contributed by atoms with E-state index in [9.17, 15) is 0 Å². The van der Waals surface area contributed by atoms with Crippen LogP contribution in [0, 0.1) is 0 Å². The zero-order valence-corrected chi connectivity index (χ0v) is 12.7. The molecule has 1 aliphatic rings. The monoisotopic (exact) mass is 314 g/mol. The number of halogens is 1. The molecule has 0 amide bonds. The van der Waals surface area contributed by atoms with Crippen LogP contribution < -0.4 is 0 Å². The van der Waals surface area contributed by atoms with E-state index >= 15 is 0 Å². The molecule has 0 bridgehead atoms. The van der Waals surface area contributed by atoms with Gasteiger partial charge < -0.3 is 4.74 Å². The summed E-state index contributed by atoms with van der Waals surface area (Å²) in [7, 11) is 0.